The summed E-state index contributed by atoms with van der Waals surface area (Å²) in [7, 11) is 0. The monoisotopic (exact) mass is 317 g/mol. The molecule has 0 heterocycles. The molecule has 0 aromatic carbocycles. The highest BCUT2D eigenvalue weighted by Crippen LogP contribution is 2.27. The summed E-state index contributed by atoms with van der Waals surface area (Å²) < 4.78 is 3.35. The summed E-state index contributed by atoms with van der Waals surface area (Å²) in [6, 6.07) is 0.649. The molecule has 1 unspecified atom stereocenters. The molecule has 1 rings (SSSR count). The maximum atomic E-state index is 3.35. The Labute approximate surface area is 107 Å². The zero-order valence-electron chi connectivity index (χ0n) is 9.59. The second-order valence-corrected chi connectivity index (χ2v) is 4.53. The molecule has 0 amide bonds. The second-order valence-electron chi connectivity index (χ2n) is 3.91. The van der Waals surface area contributed by atoms with Gasteiger partial charge in [-0.2, -0.15) is 0 Å². The fraction of sp³-hybridized carbons (Fsp3) is 0.538. The summed E-state index contributed by atoms with van der Waals surface area (Å²) in [5, 5.41) is 0. The van der Waals surface area contributed by atoms with Crippen LogP contribution in [0.4, 0.5) is 0 Å². The maximum absolute atomic E-state index is 3.35. The lowest BCUT2D eigenvalue weighted by atomic mass is 9.88. The first-order chi connectivity index (χ1) is 7.31. The van der Waals surface area contributed by atoms with Gasteiger partial charge in [-0.1, -0.05) is 31.2 Å². The highest BCUT2D eigenvalue weighted by atomic mass is 127. The van der Waals surface area contributed by atoms with Gasteiger partial charge in [-0.05, 0) is 43.8 Å². The van der Waals surface area contributed by atoms with E-state index in [1.54, 1.807) is 0 Å². The molecular weight excluding hydrogens is 297 g/mol. The Morgan fingerprint density at radius 3 is 2.80 bits per heavy atom. The predicted octanol–water partition coefficient (Wildman–Crippen LogP) is 4.32. The van der Waals surface area contributed by atoms with Crippen LogP contribution in [0.3, 0.4) is 0 Å². The molecule has 0 radical (unpaired) electrons. The lowest BCUT2D eigenvalue weighted by molar-refractivity contribution is 0.562. The molecule has 0 saturated carbocycles. The fourth-order valence-corrected chi connectivity index (χ4v) is 2.44. The highest BCUT2D eigenvalue weighted by Gasteiger charge is 2.16. The van der Waals surface area contributed by atoms with Crippen LogP contribution in [0.5, 0.6) is 0 Å². The average molecular weight is 317 g/mol. The van der Waals surface area contributed by atoms with Crippen LogP contribution in [0.25, 0.3) is 0 Å². The van der Waals surface area contributed by atoms with Crippen LogP contribution in [0.1, 0.15) is 39.5 Å². The van der Waals surface area contributed by atoms with E-state index in [9.17, 15) is 0 Å². The van der Waals surface area contributed by atoms with Gasteiger partial charge in [-0.25, -0.2) is 0 Å². The molecule has 1 aliphatic rings. The van der Waals surface area contributed by atoms with Crippen LogP contribution < -0.4 is 3.53 Å². The first-order valence-corrected chi connectivity index (χ1v) is 6.77. The number of nitrogens with one attached hydrogen (secondary N) is 1. The molecule has 0 bridgehead atoms. The van der Waals surface area contributed by atoms with Crippen LogP contribution in [-0.2, 0) is 0 Å². The fourth-order valence-electron chi connectivity index (χ4n) is 1.91. The molecule has 0 fully saturated rings. The van der Waals surface area contributed by atoms with Crippen molar-refractivity contribution in [2.24, 2.45) is 0 Å². The van der Waals surface area contributed by atoms with E-state index in [0.29, 0.717) is 6.04 Å². The number of halogens is 1. The van der Waals surface area contributed by atoms with E-state index < -0.39 is 0 Å². The normalized spacial score (nSPS) is 23.3. The van der Waals surface area contributed by atoms with Gasteiger partial charge in [0.2, 0.25) is 0 Å². The van der Waals surface area contributed by atoms with E-state index in [-0.39, 0.29) is 0 Å². The molecule has 15 heavy (non-hydrogen) atoms. The van der Waals surface area contributed by atoms with Crippen LogP contribution in [-0.4, -0.2) is 6.04 Å². The standard InChI is InChI=1S/C13H20IN/c1-3-5-7-11-8-9-13(15-14)10-12(11)6-4-2/h4-7,13,15H,3,8-10H2,1-2H3/b6-4-,7-5-. The van der Waals surface area contributed by atoms with Gasteiger partial charge < -0.3 is 0 Å². The van der Waals surface area contributed by atoms with Crippen molar-refractivity contribution in [3.05, 3.63) is 35.5 Å². The molecule has 0 aromatic rings. The van der Waals surface area contributed by atoms with Crippen molar-refractivity contribution in [1.29, 1.82) is 0 Å². The third-order valence-electron chi connectivity index (χ3n) is 2.72. The van der Waals surface area contributed by atoms with Crippen LogP contribution >= 0.6 is 22.9 Å². The minimum absolute atomic E-state index is 0.649. The summed E-state index contributed by atoms with van der Waals surface area (Å²) in [5.41, 5.74) is 3.03. The highest BCUT2D eigenvalue weighted by molar-refractivity contribution is 14.1. The SMILES string of the molecule is C/C=C\C1=C(/C=C\CC)CCC(NI)C1. The van der Waals surface area contributed by atoms with Gasteiger partial charge in [0.05, 0.1) is 0 Å². The molecule has 0 spiro atoms. The summed E-state index contributed by atoms with van der Waals surface area (Å²) in [5.74, 6) is 0. The van der Waals surface area contributed by atoms with Gasteiger partial charge in [-0.3, -0.25) is 3.53 Å². The molecule has 1 N–H and O–H groups in total. The van der Waals surface area contributed by atoms with Crippen molar-refractivity contribution in [3.63, 3.8) is 0 Å². The first kappa shape index (κ1) is 13.0. The number of rotatable bonds is 4. The Hall–Kier alpha value is -0.0900. The molecule has 0 aliphatic heterocycles. The maximum Gasteiger partial charge on any atom is 0.0207 e. The average Bonchev–Trinajstić information content (AvgIpc) is 2.27. The van der Waals surface area contributed by atoms with E-state index in [1.807, 2.05) is 0 Å². The summed E-state index contributed by atoms with van der Waals surface area (Å²) >= 11 is 2.27. The number of hydrogen-bond donors (Lipinski definition) is 1. The quantitative estimate of drug-likeness (QED) is 0.601. The second kappa shape index (κ2) is 7.23. The molecule has 1 nitrogen and oxygen atoms in total. The number of hydrogen-bond acceptors (Lipinski definition) is 1. The Balaban J connectivity index is 2.80. The summed E-state index contributed by atoms with van der Waals surface area (Å²) in [6.07, 6.45) is 13.7. The van der Waals surface area contributed by atoms with Crippen LogP contribution in [0.2, 0.25) is 0 Å². The first-order valence-electron chi connectivity index (χ1n) is 5.69. The van der Waals surface area contributed by atoms with E-state index in [1.165, 1.54) is 24.0 Å². The van der Waals surface area contributed by atoms with Crippen molar-refractivity contribution in [1.82, 2.24) is 3.53 Å². The predicted molar refractivity (Wildman–Crippen MR) is 76.1 cm³/mol. The van der Waals surface area contributed by atoms with Crippen LogP contribution in [0, 0.1) is 0 Å². The zero-order chi connectivity index (χ0) is 11.1. The van der Waals surface area contributed by atoms with Crippen molar-refractivity contribution in [2.75, 3.05) is 0 Å². The third kappa shape index (κ3) is 4.11. The van der Waals surface area contributed by atoms with Crippen molar-refractivity contribution >= 4 is 22.9 Å². The lowest BCUT2D eigenvalue weighted by Gasteiger charge is -2.23. The molecule has 1 aliphatic carbocycles. The van der Waals surface area contributed by atoms with E-state index in [0.717, 1.165) is 12.8 Å². The Morgan fingerprint density at radius 2 is 2.20 bits per heavy atom. The molecule has 1 atom stereocenters. The minimum atomic E-state index is 0.649. The molecule has 0 saturated heterocycles. The van der Waals surface area contributed by atoms with E-state index in [4.69, 9.17) is 0 Å². The summed E-state index contributed by atoms with van der Waals surface area (Å²) in [4.78, 5) is 0. The van der Waals surface area contributed by atoms with Crippen molar-refractivity contribution < 1.29 is 0 Å². The molecule has 0 aromatic heterocycles. The van der Waals surface area contributed by atoms with Crippen molar-refractivity contribution in [2.45, 2.75) is 45.6 Å². The largest absolute Gasteiger partial charge is 0.258 e. The Bertz CT molecular complexity index is 276. The smallest absolute Gasteiger partial charge is 0.0207 e. The lowest BCUT2D eigenvalue weighted by Crippen LogP contribution is -2.24. The van der Waals surface area contributed by atoms with E-state index >= 15 is 0 Å². The van der Waals surface area contributed by atoms with Gasteiger partial charge in [0.25, 0.3) is 0 Å². The Kier molecular flexibility index (Phi) is 6.25. The zero-order valence-corrected chi connectivity index (χ0v) is 11.8. The topological polar surface area (TPSA) is 12.0 Å². The van der Waals surface area contributed by atoms with Gasteiger partial charge in [0, 0.05) is 28.9 Å². The third-order valence-corrected chi connectivity index (χ3v) is 3.60. The number of allylic oxidation sites excluding steroid dienone is 5. The summed E-state index contributed by atoms with van der Waals surface area (Å²) in [6.45, 7) is 4.28. The van der Waals surface area contributed by atoms with Crippen LogP contribution in [0.15, 0.2) is 35.5 Å². The van der Waals surface area contributed by atoms with Gasteiger partial charge in [0.1, 0.15) is 0 Å². The molecule has 2 heteroatoms. The van der Waals surface area contributed by atoms with Crippen molar-refractivity contribution in [3.8, 4) is 0 Å². The van der Waals surface area contributed by atoms with E-state index in [2.05, 4.69) is 64.5 Å². The van der Waals surface area contributed by atoms with Gasteiger partial charge in [-0.15, -0.1) is 0 Å². The van der Waals surface area contributed by atoms with Gasteiger partial charge >= 0.3 is 0 Å². The van der Waals surface area contributed by atoms with Gasteiger partial charge in [0.15, 0.2) is 0 Å². The Morgan fingerprint density at radius 1 is 1.40 bits per heavy atom. The molecule has 84 valence electrons. The minimum Gasteiger partial charge on any atom is -0.258 e. The molecular formula is C13H20IN.